The van der Waals surface area contributed by atoms with E-state index in [1.807, 2.05) is 17.9 Å². The molecule has 0 aromatic carbocycles. The topological polar surface area (TPSA) is 33.1 Å². The van der Waals surface area contributed by atoms with Crippen molar-refractivity contribution in [2.45, 2.75) is 45.2 Å². The fourth-order valence-electron chi connectivity index (χ4n) is 2.90. The first-order chi connectivity index (χ1) is 8.66. The van der Waals surface area contributed by atoms with Crippen LogP contribution < -0.4 is 5.32 Å². The standard InChI is InChI=1S/C14H26N4/c1-12(11-18-9-5-4-6-10-18)16-13(2)14-7-8-15-17(14)3/h7-8,12-13,16H,4-6,9-11H2,1-3H3. The molecule has 0 bridgehead atoms. The highest BCUT2D eigenvalue weighted by molar-refractivity contribution is 5.05. The van der Waals surface area contributed by atoms with Crippen LogP contribution in [0.1, 0.15) is 44.8 Å². The second-order valence-electron chi connectivity index (χ2n) is 5.53. The van der Waals surface area contributed by atoms with Crippen LogP contribution in [0, 0.1) is 0 Å². The van der Waals surface area contributed by atoms with E-state index in [0.717, 1.165) is 6.54 Å². The van der Waals surface area contributed by atoms with Gasteiger partial charge in [0.05, 0.1) is 5.69 Å². The van der Waals surface area contributed by atoms with Crippen molar-refractivity contribution >= 4 is 0 Å². The highest BCUT2D eigenvalue weighted by Crippen LogP contribution is 2.13. The van der Waals surface area contributed by atoms with E-state index in [9.17, 15) is 0 Å². The number of nitrogens with one attached hydrogen (secondary N) is 1. The molecule has 0 amide bonds. The minimum absolute atomic E-state index is 0.359. The first kappa shape index (κ1) is 13.6. The Morgan fingerprint density at radius 3 is 2.61 bits per heavy atom. The van der Waals surface area contributed by atoms with Gasteiger partial charge in [-0.05, 0) is 45.8 Å². The Morgan fingerprint density at radius 2 is 2.00 bits per heavy atom. The third-order valence-corrected chi connectivity index (χ3v) is 3.82. The molecule has 0 aliphatic carbocycles. The summed E-state index contributed by atoms with van der Waals surface area (Å²) in [6.07, 6.45) is 6.00. The number of hydrogen-bond donors (Lipinski definition) is 1. The highest BCUT2D eigenvalue weighted by Gasteiger charge is 2.16. The van der Waals surface area contributed by atoms with E-state index in [1.165, 1.54) is 38.0 Å². The van der Waals surface area contributed by atoms with Crippen LogP contribution in [-0.2, 0) is 7.05 Å². The Labute approximate surface area is 110 Å². The van der Waals surface area contributed by atoms with Crippen molar-refractivity contribution in [2.24, 2.45) is 7.05 Å². The Morgan fingerprint density at radius 1 is 1.28 bits per heavy atom. The molecular formula is C14H26N4. The Kier molecular flexibility index (Phi) is 4.78. The van der Waals surface area contributed by atoms with Crippen molar-refractivity contribution in [1.82, 2.24) is 20.0 Å². The molecule has 1 fully saturated rings. The molecule has 1 aliphatic rings. The largest absolute Gasteiger partial charge is 0.305 e. The Balaban J connectivity index is 1.79. The molecule has 102 valence electrons. The Bertz CT molecular complexity index is 354. The van der Waals surface area contributed by atoms with Gasteiger partial charge >= 0.3 is 0 Å². The first-order valence-corrected chi connectivity index (χ1v) is 7.13. The predicted octanol–water partition coefficient (Wildman–Crippen LogP) is 1.95. The number of aryl methyl sites for hydroxylation is 1. The molecule has 1 aliphatic heterocycles. The van der Waals surface area contributed by atoms with Gasteiger partial charge in [-0.2, -0.15) is 5.10 Å². The van der Waals surface area contributed by atoms with Crippen LogP contribution >= 0.6 is 0 Å². The van der Waals surface area contributed by atoms with E-state index in [2.05, 4.69) is 35.2 Å². The molecule has 2 rings (SSSR count). The number of hydrogen-bond acceptors (Lipinski definition) is 3. The fraction of sp³-hybridized carbons (Fsp3) is 0.786. The van der Waals surface area contributed by atoms with E-state index >= 15 is 0 Å². The van der Waals surface area contributed by atoms with Gasteiger partial charge in [-0.25, -0.2) is 0 Å². The van der Waals surface area contributed by atoms with Crippen molar-refractivity contribution in [3.63, 3.8) is 0 Å². The summed E-state index contributed by atoms with van der Waals surface area (Å²) in [5, 5.41) is 7.89. The van der Waals surface area contributed by atoms with Gasteiger partial charge < -0.3 is 10.2 Å². The summed E-state index contributed by atoms with van der Waals surface area (Å²) >= 11 is 0. The van der Waals surface area contributed by atoms with Crippen LogP contribution in [0.3, 0.4) is 0 Å². The lowest BCUT2D eigenvalue weighted by Gasteiger charge is -2.30. The van der Waals surface area contributed by atoms with Gasteiger partial charge in [0.25, 0.3) is 0 Å². The second-order valence-corrected chi connectivity index (χ2v) is 5.53. The first-order valence-electron chi connectivity index (χ1n) is 7.13. The number of rotatable bonds is 5. The van der Waals surface area contributed by atoms with Crippen molar-refractivity contribution < 1.29 is 0 Å². The lowest BCUT2D eigenvalue weighted by molar-refractivity contribution is 0.204. The highest BCUT2D eigenvalue weighted by atomic mass is 15.3. The van der Waals surface area contributed by atoms with Crippen LogP contribution in [0.2, 0.25) is 0 Å². The van der Waals surface area contributed by atoms with Gasteiger partial charge in [0.15, 0.2) is 0 Å². The van der Waals surface area contributed by atoms with Crippen molar-refractivity contribution in [1.29, 1.82) is 0 Å². The Hall–Kier alpha value is -0.870. The van der Waals surface area contributed by atoms with Crippen LogP contribution in [0.15, 0.2) is 12.3 Å². The summed E-state index contributed by atoms with van der Waals surface area (Å²) in [5.41, 5.74) is 1.25. The zero-order chi connectivity index (χ0) is 13.0. The van der Waals surface area contributed by atoms with Crippen LogP contribution in [0.5, 0.6) is 0 Å². The van der Waals surface area contributed by atoms with Crippen molar-refractivity contribution in [3.8, 4) is 0 Å². The van der Waals surface area contributed by atoms with E-state index < -0.39 is 0 Å². The van der Waals surface area contributed by atoms with Gasteiger partial charge in [0.1, 0.15) is 0 Å². The molecule has 1 N–H and O–H groups in total. The van der Waals surface area contributed by atoms with Gasteiger partial charge in [0.2, 0.25) is 0 Å². The number of nitrogens with zero attached hydrogens (tertiary/aromatic N) is 3. The van der Waals surface area contributed by atoms with Crippen LogP contribution in [0.25, 0.3) is 0 Å². The van der Waals surface area contributed by atoms with E-state index in [-0.39, 0.29) is 0 Å². The van der Waals surface area contributed by atoms with E-state index in [1.54, 1.807) is 0 Å². The molecule has 1 aromatic heterocycles. The summed E-state index contributed by atoms with van der Waals surface area (Å²) in [7, 11) is 2.00. The van der Waals surface area contributed by atoms with Gasteiger partial charge in [-0.1, -0.05) is 6.42 Å². The maximum atomic E-state index is 4.23. The van der Waals surface area contributed by atoms with Gasteiger partial charge in [0, 0.05) is 31.9 Å². The summed E-state index contributed by atoms with van der Waals surface area (Å²) < 4.78 is 1.95. The maximum Gasteiger partial charge on any atom is 0.0547 e. The SMILES string of the molecule is CC(CN1CCCCC1)NC(C)c1ccnn1C. The maximum absolute atomic E-state index is 4.23. The lowest BCUT2D eigenvalue weighted by Crippen LogP contribution is -2.42. The third-order valence-electron chi connectivity index (χ3n) is 3.82. The molecule has 18 heavy (non-hydrogen) atoms. The molecular weight excluding hydrogens is 224 g/mol. The molecule has 1 saturated heterocycles. The number of likely N-dealkylation sites (tertiary alicyclic amines) is 1. The molecule has 2 unspecified atom stereocenters. The summed E-state index contributed by atoms with van der Waals surface area (Å²) in [6.45, 7) is 8.19. The predicted molar refractivity (Wildman–Crippen MR) is 74.5 cm³/mol. The molecule has 4 nitrogen and oxygen atoms in total. The quantitative estimate of drug-likeness (QED) is 0.867. The summed E-state index contributed by atoms with van der Waals surface area (Å²) in [6, 6.07) is 2.97. The molecule has 2 heterocycles. The summed E-state index contributed by atoms with van der Waals surface area (Å²) in [4.78, 5) is 2.58. The lowest BCUT2D eigenvalue weighted by atomic mass is 10.1. The molecule has 0 saturated carbocycles. The monoisotopic (exact) mass is 250 g/mol. The zero-order valence-corrected chi connectivity index (χ0v) is 11.9. The minimum atomic E-state index is 0.359. The summed E-state index contributed by atoms with van der Waals surface area (Å²) in [5.74, 6) is 0. The van der Waals surface area contributed by atoms with Crippen molar-refractivity contribution in [3.05, 3.63) is 18.0 Å². The minimum Gasteiger partial charge on any atom is -0.305 e. The smallest absolute Gasteiger partial charge is 0.0547 e. The molecule has 0 spiro atoms. The average Bonchev–Trinajstić information content (AvgIpc) is 2.76. The molecule has 4 heteroatoms. The van der Waals surface area contributed by atoms with E-state index in [0.29, 0.717) is 12.1 Å². The van der Waals surface area contributed by atoms with Crippen molar-refractivity contribution in [2.75, 3.05) is 19.6 Å². The van der Waals surface area contributed by atoms with Gasteiger partial charge in [-0.15, -0.1) is 0 Å². The molecule has 1 aromatic rings. The second kappa shape index (κ2) is 6.34. The zero-order valence-electron chi connectivity index (χ0n) is 11.9. The molecule has 0 radical (unpaired) electrons. The third kappa shape index (κ3) is 3.56. The van der Waals surface area contributed by atoms with E-state index in [4.69, 9.17) is 0 Å². The van der Waals surface area contributed by atoms with Crippen LogP contribution in [-0.4, -0.2) is 40.4 Å². The number of aromatic nitrogens is 2. The fourth-order valence-corrected chi connectivity index (χ4v) is 2.90. The normalized spacial score (nSPS) is 20.8. The van der Waals surface area contributed by atoms with Crippen LogP contribution in [0.4, 0.5) is 0 Å². The van der Waals surface area contributed by atoms with Gasteiger partial charge in [-0.3, -0.25) is 4.68 Å². The molecule has 2 atom stereocenters. The average molecular weight is 250 g/mol. The number of piperidine rings is 1.